The van der Waals surface area contributed by atoms with E-state index in [2.05, 4.69) is 0 Å². The van der Waals surface area contributed by atoms with Crippen molar-refractivity contribution in [3.8, 4) is 0 Å². The molecular formula is C10H11BClF3O2. The van der Waals surface area contributed by atoms with Crippen molar-refractivity contribution in [2.75, 3.05) is 0 Å². The van der Waals surface area contributed by atoms with Crippen LogP contribution in [0.5, 0.6) is 0 Å². The standard InChI is InChI=1S/C10H11BClF3O2/c12-9(11(16)17)5-4-7-2-1-3-8(6-7)10(13,14)15/h1-3,6,9,16-17H,4-5H2/t9-/m1/s1. The number of hydrogen-bond donors (Lipinski definition) is 2. The van der Waals surface area contributed by atoms with Gasteiger partial charge in [0.25, 0.3) is 0 Å². The van der Waals surface area contributed by atoms with Gasteiger partial charge in [0.1, 0.15) is 0 Å². The van der Waals surface area contributed by atoms with Gasteiger partial charge in [-0.25, -0.2) is 0 Å². The Morgan fingerprint density at radius 1 is 1.29 bits per heavy atom. The molecule has 0 bridgehead atoms. The Balaban J connectivity index is 2.67. The van der Waals surface area contributed by atoms with Crippen molar-refractivity contribution < 1.29 is 23.2 Å². The van der Waals surface area contributed by atoms with E-state index in [1.807, 2.05) is 0 Å². The lowest BCUT2D eigenvalue weighted by molar-refractivity contribution is -0.137. The minimum atomic E-state index is -4.37. The first kappa shape index (κ1) is 14.3. The number of hydrogen-bond acceptors (Lipinski definition) is 2. The fourth-order valence-corrected chi connectivity index (χ4v) is 1.47. The molecule has 0 aliphatic heterocycles. The number of aryl methyl sites for hydroxylation is 1. The lowest BCUT2D eigenvalue weighted by atomic mass is 9.82. The van der Waals surface area contributed by atoms with E-state index in [1.165, 1.54) is 6.07 Å². The summed E-state index contributed by atoms with van der Waals surface area (Å²) in [6.45, 7) is 0. The molecule has 1 atom stereocenters. The molecule has 2 nitrogen and oxygen atoms in total. The van der Waals surface area contributed by atoms with Crippen molar-refractivity contribution >= 4 is 18.7 Å². The lowest BCUT2D eigenvalue weighted by Gasteiger charge is -2.10. The highest BCUT2D eigenvalue weighted by atomic mass is 35.5. The molecule has 1 aromatic rings. The zero-order chi connectivity index (χ0) is 13.1. The van der Waals surface area contributed by atoms with E-state index in [4.69, 9.17) is 21.6 Å². The second-order valence-corrected chi connectivity index (χ2v) is 4.23. The predicted molar refractivity (Wildman–Crippen MR) is 59.6 cm³/mol. The summed E-state index contributed by atoms with van der Waals surface area (Å²) < 4.78 is 37.2. The fourth-order valence-electron chi connectivity index (χ4n) is 1.36. The third kappa shape index (κ3) is 4.57. The summed E-state index contributed by atoms with van der Waals surface area (Å²) >= 11 is 5.57. The van der Waals surface area contributed by atoms with Gasteiger partial charge < -0.3 is 10.0 Å². The molecule has 0 fully saturated rings. The molecule has 0 saturated carbocycles. The van der Waals surface area contributed by atoms with Crippen LogP contribution in [0, 0.1) is 0 Å². The molecule has 0 heterocycles. The number of rotatable bonds is 4. The molecule has 0 aliphatic rings. The molecule has 0 aliphatic carbocycles. The monoisotopic (exact) mass is 266 g/mol. The smallest absolute Gasteiger partial charge is 0.426 e. The summed E-state index contributed by atoms with van der Waals surface area (Å²) in [6, 6.07) is 4.88. The van der Waals surface area contributed by atoms with Crippen LogP contribution in [0.25, 0.3) is 0 Å². The van der Waals surface area contributed by atoms with Crippen LogP contribution >= 0.6 is 11.6 Å². The first-order valence-corrected chi connectivity index (χ1v) is 5.40. The summed E-state index contributed by atoms with van der Waals surface area (Å²) in [5.74, 6) is 0. The molecule has 0 radical (unpaired) electrons. The van der Waals surface area contributed by atoms with E-state index in [9.17, 15) is 13.2 Å². The van der Waals surface area contributed by atoms with Gasteiger partial charge in [0.2, 0.25) is 0 Å². The Morgan fingerprint density at radius 3 is 2.47 bits per heavy atom. The average Bonchev–Trinajstić information content (AvgIpc) is 2.25. The Labute approximate surface area is 102 Å². The quantitative estimate of drug-likeness (QED) is 0.648. The maximum atomic E-state index is 12.4. The van der Waals surface area contributed by atoms with Gasteiger partial charge in [-0.1, -0.05) is 18.2 Å². The highest BCUT2D eigenvalue weighted by Gasteiger charge is 2.30. The second-order valence-electron chi connectivity index (χ2n) is 3.67. The molecule has 2 N–H and O–H groups in total. The van der Waals surface area contributed by atoms with Crippen molar-refractivity contribution in [3.05, 3.63) is 35.4 Å². The maximum absolute atomic E-state index is 12.4. The Kier molecular flexibility index (Phi) is 4.85. The van der Waals surface area contributed by atoms with Gasteiger partial charge in [-0.3, -0.25) is 0 Å². The largest absolute Gasteiger partial charge is 0.470 e. The number of halogens is 4. The summed E-state index contributed by atoms with van der Waals surface area (Å²) in [5.41, 5.74) is -0.253. The average molecular weight is 266 g/mol. The van der Waals surface area contributed by atoms with E-state index in [1.54, 1.807) is 6.07 Å². The molecular weight excluding hydrogens is 255 g/mol. The van der Waals surface area contributed by atoms with Crippen LogP contribution in [0.1, 0.15) is 17.5 Å². The predicted octanol–water partition coefficient (Wildman–Crippen LogP) is 2.26. The van der Waals surface area contributed by atoms with Gasteiger partial charge in [-0.05, 0) is 24.5 Å². The zero-order valence-electron chi connectivity index (χ0n) is 8.78. The highest BCUT2D eigenvalue weighted by molar-refractivity contribution is 6.57. The third-order valence-electron chi connectivity index (χ3n) is 2.29. The minimum Gasteiger partial charge on any atom is -0.426 e. The van der Waals surface area contributed by atoms with Crippen molar-refractivity contribution in [3.63, 3.8) is 0 Å². The summed E-state index contributed by atoms with van der Waals surface area (Å²) in [4.78, 5) is 0. The van der Waals surface area contributed by atoms with Crippen LogP contribution in [0.2, 0.25) is 0 Å². The fraction of sp³-hybridized carbons (Fsp3) is 0.400. The number of benzene rings is 1. The van der Waals surface area contributed by atoms with Gasteiger partial charge in [0.05, 0.1) is 10.8 Å². The van der Waals surface area contributed by atoms with Gasteiger partial charge in [0, 0.05) is 0 Å². The van der Waals surface area contributed by atoms with Gasteiger partial charge in [-0.2, -0.15) is 13.2 Å². The maximum Gasteiger partial charge on any atom is 0.470 e. The molecule has 1 aromatic carbocycles. The second kappa shape index (κ2) is 5.75. The van der Waals surface area contributed by atoms with Crippen molar-refractivity contribution in [1.29, 1.82) is 0 Å². The third-order valence-corrected chi connectivity index (χ3v) is 2.73. The molecule has 0 saturated heterocycles. The van der Waals surface area contributed by atoms with Crippen LogP contribution in [-0.4, -0.2) is 22.4 Å². The Hall–Kier alpha value is -0.715. The van der Waals surface area contributed by atoms with Crippen LogP contribution in [0.3, 0.4) is 0 Å². The first-order chi connectivity index (χ1) is 7.80. The van der Waals surface area contributed by atoms with Crippen molar-refractivity contribution in [1.82, 2.24) is 0 Å². The highest BCUT2D eigenvalue weighted by Crippen LogP contribution is 2.29. The van der Waals surface area contributed by atoms with E-state index < -0.39 is 24.1 Å². The van der Waals surface area contributed by atoms with E-state index in [0.29, 0.717) is 5.56 Å². The van der Waals surface area contributed by atoms with Crippen LogP contribution in [0.4, 0.5) is 13.2 Å². The molecule has 94 valence electrons. The summed E-state index contributed by atoms with van der Waals surface area (Å²) in [6.07, 6.45) is -3.91. The van der Waals surface area contributed by atoms with Crippen molar-refractivity contribution in [2.45, 2.75) is 24.3 Å². The molecule has 17 heavy (non-hydrogen) atoms. The molecule has 0 amide bonds. The van der Waals surface area contributed by atoms with Gasteiger partial charge in [-0.15, -0.1) is 11.6 Å². The minimum absolute atomic E-state index is 0.195. The topological polar surface area (TPSA) is 40.5 Å². The van der Waals surface area contributed by atoms with E-state index in [0.717, 1.165) is 12.1 Å². The normalized spacial score (nSPS) is 13.5. The van der Waals surface area contributed by atoms with Crippen molar-refractivity contribution in [2.24, 2.45) is 0 Å². The Morgan fingerprint density at radius 2 is 1.94 bits per heavy atom. The zero-order valence-corrected chi connectivity index (χ0v) is 9.54. The van der Waals surface area contributed by atoms with E-state index in [-0.39, 0.29) is 12.8 Å². The first-order valence-electron chi connectivity index (χ1n) is 4.97. The molecule has 0 unspecified atom stereocenters. The molecule has 0 aromatic heterocycles. The molecule has 1 rings (SSSR count). The van der Waals surface area contributed by atoms with Crippen LogP contribution in [0.15, 0.2) is 24.3 Å². The van der Waals surface area contributed by atoms with Gasteiger partial charge >= 0.3 is 13.3 Å². The molecule has 7 heteroatoms. The summed E-state index contributed by atoms with van der Waals surface area (Å²) in [7, 11) is -1.66. The lowest BCUT2D eigenvalue weighted by Crippen LogP contribution is -2.26. The van der Waals surface area contributed by atoms with E-state index >= 15 is 0 Å². The Bertz CT molecular complexity index is 371. The van der Waals surface area contributed by atoms with Gasteiger partial charge in [0.15, 0.2) is 0 Å². The SMILES string of the molecule is OB(O)[C@H](Cl)CCc1cccc(C(F)(F)F)c1. The summed E-state index contributed by atoms with van der Waals surface area (Å²) in [5, 5.41) is 16.6. The van der Waals surface area contributed by atoms with Crippen LogP contribution in [-0.2, 0) is 12.6 Å². The molecule has 0 spiro atoms. The van der Waals surface area contributed by atoms with Crippen LogP contribution < -0.4 is 0 Å². The number of alkyl halides is 4.